The Balaban J connectivity index is 1.95. The zero-order chi connectivity index (χ0) is 10.1. The molecule has 0 spiro atoms. The molecule has 0 saturated carbocycles. The number of nitrogens with zero attached hydrogens (tertiary/aromatic N) is 2. The Labute approximate surface area is 86.7 Å². The number of aliphatic hydroxyl groups excluding tert-OH is 1. The summed E-state index contributed by atoms with van der Waals surface area (Å²) in [5.41, 5.74) is 0. The Morgan fingerprint density at radius 1 is 1.43 bits per heavy atom. The van der Waals surface area contributed by atoms with Gasteiger partial charge in [-0.25, -0.2) is 0 Å². The van der Waals surface area contributed by atoms with Crippen molar-refractivity contribution in [2.24, 2.45) is 0 Å². The fourth-order valence-corrected chi connectivity index (χ4v) is 2.94. The van der Waals surface area contributed by atoms with Gasteiger partial charge in [0.15, 0.2) is 0 Å². The van der Waals surface area contributed by atoms with Gasteiger partial charge in [0.25, 0.3) is 0 Å². The molecule has 1 N–H and O–H groups in total. The van der Waals surface area contributed by atoms with Crippen LogP contribution in [0.5, 0.6) is 0 Å². The topological polar surface area (TPSA) is 26.7 Å². The lowest BCUT2D eigenvalue weighted by Gasteiger charge is -2.29. The van der Waals surface area contributed by atoms with Crippen molar-refractivity contribution < 1.29 is 5.11 Å². The zero-order valence-corrected chi connectivity index (χ0v) is 9.32. The highest BCUT2D eigenvalue weighted by atomic mass is 16.3. The lowest BCUT2D eigenvalue weighted by Crippen LogP contribution is -2.42. The summed E-state index contributed by atoms with van der Waals surface area (Å²) >= 11 is 0. The molecule has 82 valence electrons. The van der Waals surface area contributed by atoms with E-state index in [-0.39, 0.29) is 0 Å². The second-order valence-corrected chi connectivity index (χ2v) is 4.89. The number of likely N-dealkylation sites (tertiary alicyclic amines) is 2. The molecular weight excluding hydrogens is 176 g/mol. The molecule has 0 radical (unpaired) electrons. The van der Waals surface area contributed by atoms with Gasteiger partial charge in [-0.2, -0.15) is 0 Å². The van der Waals surface area contributed by atoms with Crippen molar-refractivity contribution in [1.29, 1.82) is 0 Å². The summed E-state index contributed by atoms with van der Waals surface area (Å²) in [5.74, 6) is 0. The maximum absolute atomic E-state index is 9.27. The normalized spacial score (nSPS) is 40.9. The predicted molar refractivity (Wildman–Crippen MR) is 57.3 cm³/mol. The number of rotatable bonds is 2. The predicted octanol–water partition coefficient (Wildman–Crippen LogP) is 0.536. The van der Waals surface area contributed by atoms with Crippen LogP contribution in [-0.4, -0.2) is 59.8 Å². The van der Waals surface area contributed by atoms with Crippen LogP contribution >= 0.6 is 0 Å². The Bertz CT molecular complexity index is 188. The van der Waals surface area contributed by atoms with Crippen LogP contribution in [0.4, 0.5) is 0 Å². The molecule has 14 heavy (non-hydrogen) atoms. The minimum absolute atomic E-state index is 0.342. The van der Waals surface area contributed by atoms with Gasteiger partial charge in [0.1, 0.15) is 0 Å². The van der Waals surface area contributed by atoms with Gasteiger partial charge in [0.05, 0.1) is 6.61 Å². The van der Waals surface area contributed by atoms with Crippen molar-refractivity contribution in [3.63, 3.8) is 0 Å². The molecule has 2 heterocycles. The van der Waals surface area contributed by atoms with E-state index in [0.717, 1.165) is 0 Å². The molecule has 0 bridgehead atoms. The molecule has 3 nitrogen and oxygen atoms in total. The summed E-state index contributed by atoms with van der Waals surface area (Å²) in [6, 6.07) is 1.84. The maximum Gasteiger partial charge on any atom is 0.0587 e. The Morgan fingerprint density at radius 2 is 2.21 bits per heavy atom. The van der Waals surface area contributed by atoms with Gasteiger partial charge >= 0.3 is 0 Å². The fourth-order valence-electron chi connectivity index (χ4n) is 2.94. The highest BCUT2D eigenvalue weighted by Gasteiger charge is 2.35. The minimum Gasteiger partial charge on any atom is -0.395 e. The standard InChI is InChI=1S/C11H22N2O/c1-9-6-11(7-12(9)2)13-5-3-4-10(13)8-14/h9-11,14H,3-8H2,1-2H3. The molecule has 2 rings (SSSR count). The molecule has 0 aromatic carbocycles. The quantitative estimate of drug-likeness (QED) is 0.701. The van der Waals surface area contributed by atoms with E-state index in [1.807, 2.05) is 0 Å². The summed E-state index contributed by atoms with van der Waals surface area (Å²) in [6.07, 6.45) is 3.72. The van der Waals surface area contributed by atoms with Crippen molar-refractivity contribution in [3.8, 4) is 0 Å². The van der Waals surface area contributed by atoms with Gasteiger partial charge in [-0.05, 0) is 39.8 Å². The molecule has 0 aliphatic carbocycles. The summed E-state index contributed by atoms with van der Waals surface area (Å²) in [5, 5.41) is 9.27. The van der Waals surface area contributed by atoms with E-state index in [2.05, 4.69) is 23.8 Å². The van der Waals surface area contributed by atoms with E-state index < -0.39 is 0 Å². The largest absolute Gasteiger partial charge is 0.395 e. The summed E-state index contributed by atoms with van der Waals surface area (Å²) in [7, 11) is 2.20. The van der Waals surface area contributed by atoms with Gasteiger partial charge in [0.2, 0.25) is 0 Å². The Morgan fingerprint density at radius 3 is 2.79 bits per heavy atom. The maximum atomic E-state index is 9.27. The van der Waals surface area contributed by atoms with Crippen LogP contribution in [0.1, 0.15) is 26.2 Å². The average Bonchev–Trinajstić information content (AvgIpc) is 2.73. The Hall–Kier alpha value is -0.120. The van der Waals surface area contributed by atoms with E-state index >= 15 is 0 Å². The van der Waals surface area contributed by atoms with Crippen LogP contribution in [0.3, 0.4) is 0 Å². The Kier molecular flexibility index (Phi) is 3.10. The van der Waals surface area contributed by atoms with Crippen molar-refractivity contribution in [2.75, 3.05) is 26.7 Å². The molecule has 0 aromatic heterocycles. The molecule has 0 amide bonds. The van der Waals surface area contributed by atoms with E-state index in [9.17, 15) is 5.11 Å². The average molecular weight is 198 g/mol. The van der Waals surface area contributed by atoms with Crippen molar-refractivity contribution in [3.05, 3.63) is 0 Å². The number of hydrogen-bond acceptors (Lipinski definition) is 3. The monoisotopic (exact) mass is 198 g/mol. The third kappa shape index (κ3) is 1.81. The van der Waals surface area contributed by atoms with Crippen LogP contribution in [0.2, 0.25) is 0 Å². The zero-order valence-electron chi connectivity index (χ0n) is 9.32. The van der Waals surface area contributed by atoms with Gasteiger partial charge < -0.3 is 10.0 Å². The van der Waals surface area contributed by atoms with E-state index in [1.165, 1.54) is 32.4 Å². The van der Waals surface area contributed by atoms with Gasteiger partial charge in [-0.15, -0.1) is 0 Å². The second kappa shape index (κ2) is 4.17. The lowest BCUT2D eigenvalue weighted by atomic mass is 10.1. The number of aliphatic hydroxyl groups is 1. The van der Waals surface area contributed by atoms with Crippen molar-refractivity contribution in [1.82, 2.24) is 9.80 Å². The number of hydrogen-bond donors (Lipinski definition) is 1. The van der Waals surface area contributed by atoms with Gasteiger partial charge in [0, 0.05) is 24.7 Å². The first kappa shape index (κ1) is 10.4. The van der Waals surface area contributed by atoms with E-state index in [4.69, 9.17) is 0 Å². The molecular formula is C11H22N2O. The smallest absolute Gasteiger partial charge is 0.0587 e. The summed E-state index contributed by atoms with van der Waals surface area (Å²) in [4.78, 5) is 4.96. The molecule has 2 fully saturated rings. The van der Waals surface area contributed by atoms with Crippen LogP contribution in [-0.2, 0) is 0 Å². The van der Waals surface area contributed by atoms with Crippen LogP contribution in [0.25, 0.3) is 0 Å². The summed E-state index contributed by atoms with van der Waals surface area (Å²) in [6.45, 7) is 5.01. The SMILES string of the molecule is CC1CC(N2CCCC2CO)CN1C. The summed E-state index contributed by atoms with van der Waals surface area (Å²) < 4.78 is 0. The van der Waals surface area contributed by atoms with Gasteiger partial charge in [-0.1, -0.05) is 0 Å². The van der Waals surface area contributed by atoms with Gasteiger partial charge in [-0.3, -0.25) is 4.90 Å². The van der Waals surface area contributed by atoms with Crippen LogP contribution < -0.4 is 0 Å². The highest BCUT2D eigenvalue weighted by molar-refractivity contribution is 4.92. The second-order valence-electron chi connectivity index (χ2n) is 4.89. The van der Waals surface area contributed by atoms with Crippen LogP contribution in [0, 0.1) is 0 Å². The molecule has 3 atom stereocenters. The first-order valence-electron chi connectivity index (χ1n) is 5.79. The molecule has 2 saturated heterocycles. The van der Waals surface area contributed by atoms with Crippen LogP contribution in [0.15, 0.2) is 0 Å². The molecule has 3 heteroatoms. The van der Waals surface area contributed by atoms with Crippen molar-refractivity contribution >= 4 is 0 Å². The third-order valence-electron chi connectivity index (χ3n) is 3.97. The van der Waals surface area contributed by atoms with Crippen molar-refractivity contribution in [2.45, 2.75) is 44.3 Å². The molecule has 2 aliphatic heterocycles. The minimum atomic E-state index is 0.342. The molecule has 2 aliphatic rings. The highest BCUT2D eigenvalue weighted by Crippen LogP contribution is 2.27. The first-order valence-corrected chi connectivity index (χ1v) is 5.79. The van der Waals surface area contributed by atoms with E-state index in [1.54, 1.807) is 0 Å². The fraction of sp³-hybridized carbons (Fsp3) is 1.00. The number of likely N-dealkylation sites (N-methyl/N-ethyl adjacent to an activating group) is 1. The first-order chi connectivity index (χ1) is 6.72. The lowest BCUT2D eigenvalue weighted by molar-refractivity contribution is 0.121. The van der Waals surface area contributed by atoms with E-state index in [0.29, 0.717) is 24.7 Å². The molecule has 0 aromatic rings. The molecule has 3 unspecified atom stereocenters. The third-order valence-corrected chi connectivity index (χ3v) is 3.97.